The monoisotopic (exact) mass is 756 g/mol. The number of rotatable bonds is 6. The smallest absolute Gasteiger partial charge is 0.187 e. The van der Waals surface area contributed by atoms with Crippen molar-refractivity contribution in [1.82, 2.24) is 0 Å². The second-order valence-corrected chi connectivity index (χ2v) is 18.8. The number of hydrogen-bond donors (Lipinski definition) is 8. The molecule has 0 aromatic carbocycles. The van der Waals surface area contributed by atoms with Gasteiger partial charge in [-0.2, -0.15) is 0 Å². The minimum absolute atomic E-state index is 0.0962. The van der Waals surface area contributed by atoms with Crippen molar-refractivity contribution in [2.75, 3.05) is 19.8 Å². The standard InChI is InChI=1S/C39H64O14/c1-17-7-12-39(48-16-17)18(2)27-24(53-39)13-22-19-5-6-21-34(52-36-33(47)31(45)29(43)26(15-41)51-36)23(9-11-37(21,3)20(19)8-10-38(22,27)4)49-35-32(46)30(44)28(42)25(14-40)50-35/h17-36,40-47H,5-16H2,1-4H3. The lowest BCUT2D eigenvalue weighted by Crippen LogP contribution is -2.65. The Morgan fingerprint density at radius 2 is 1.26 bits per heavy atom. The van der Waals surface area contributed by atoms with Crippen LogP contribution in [0.1, 0.15) is 85.5 Å². The quantitative estimate of drug-likeness (QED) is 0.173. The molecule has 53 heavy (non-hydrogen) atoms. The Bertz CT molecular complexity index is 1290. The van der Waals surface area contributed by atoms with Crippen molar-refractivity contribution < 1.29 is 69.3 Å². The fraction of sp³-hybridized carbons (Fsp3) is 1.00. The van der Waals surface area contributed by atoms with Crippen LogP contribution < -0.4 is 0 Å². The molecular formula is C39H64O14. The molecule has 4 aliphatic heterocycles. The van der Waals surface area contributed by atoms with E-state index in [1.54, 1.807) is 0 Å². The SMILES string of the molecule is CC1CCC2(OC1)OC1CC3C4CCC5C(OC6OC(CO)C(O)C(O)C6O)C(OC6OC(CO)C(O)C(O)C6O)CCC5(C)C4CCC3(C)C1C2C. The molecule has 0 radical (unpaired) electrons. The summed E-state index contributed by atoms with van der Waals surface area (Å²) >= 11 is 0. The van der Waals surface area contributed by atoms with Gasteiger partial charge in [0.2, 0.25) is 0 Å². The number of ether oxygens (including phenoxy) is 6. The summed E-state index contributed by atoms with van der Waals surface area (Å²) in [5, 5.41) is 83.8. The van der Waals surface area contributed by atoms with E-state index < -0.39 is 92.6 Å². The highest BCUT2D eigenvalue weighted by Crippen LogP contribution is 2.71. The van der Waals surface area contributed by atoms with Crippen LogP contribution >= 0.6 is 0 Å². The van der Waals surface area contributed by atoms with Crippen molar-refractivity contribution in [2.24, 2.45) is 52.3 Å². The van der Waals surface area contributed by atoms with Gasteiger partial charge in [0, 0.05) is 12.3 Å². The van der Waals surface area contributed by atoms with Crippen LogP contribution in [-0.2, 0) is 28.4 Å². The van der Waals surface area contributed by atoms with E-state index in [0.29, 0.717) is 41.9 Å². The summed E-state index contributed by atoms with van der Waals surface area (Å²) in [6.07, 6.45) is -7.60. The predicted octanol–water partition coefficient (Wildman–Crippen LogP) is 0.413. The number of aliphatic hydroxyl groups is 8. The molecule has 8 rings (SSSR count). The Kier molecular flexibility index (Phi) is 10.6. The lowest BCUT2D eigenvalue weighted by molar-refractivity contribution is -0.356. The molecule has 23 unspecified atom stereocenters. The Morgan fingerprint density at radius 3 is 1.87 bits per heavy atom. The highest BCUT2D eigenvalue weighted by molar-refractivity contribution is 5.16. The second-order valence-electron chi connectivity index (χ2n) is 18.8. The van der Waals surface area contributed by atoms with Gasteiger partial charge in [0.15, 0.2) is 18.4 Å². The summed E-state index contributed by atoms with van der Waals surface area (Å²) in [5.41, 5.74) is -0.0632. The molecule has 8 fully saturated rings. The Labute approximate surface area is 312 Å². The van der Waals surface area contributed by atoms with Crippen molar-refractivity contribution in [2.45, 2.75) is 171 Å². The van der Waals surface area contributed by atoms with E-state index in [9.17, 15) is 40.9 Å². The molecule has 0 aromatic rings. The second kappa shape index (κ2) is 14.4. The molecule has 14 nitrogen and oxygen atoms in total. The number of fused-ring (bicyclic) bond motifs is 7. The first-order valence-corrected chi connectivity index (χ1v) is 20.4. The summed E-state index contributed by atoms with van der Waals surface area (Å²) in [4.78, 5) is 0. The number of hydrogen-bond acceptors (Lipinski definition) is 14. The normalized spacial score (nSPS) is 59.5. The maximum Gasteiger partial charge on any atom is 0.187 e. The average molecular weight is 757 g/mol. The summed E-state index contributed by atoms with van der Waals surface area (Å²) in [6.45, 7) is 9.01. The minimum Gasteiger partial charge on any atom is -0.394 e. The Balaban J connectivity index is 1.05. The zero-order chi connectivity index (χ0) is 37.8. The van der Waals surface area contributed by atoms with Crippen LogP contribution in [0.5, 0.6) is 0 Å². The van der Waals surface area contributed by atoms with Crippen LogP contribution in [0.15, 0.2) is 0 Å². The van der Waals surface area contributed by atoms with Crippen LogP contribution in [0, 0.1) is 52.3 Å². The third-order valence-corrected chi connectivity index (χ3v) is 16.2. The minimum atomic E-state index is -1.62. The molecule has 8 aliphatic rings. The third-order valence-electron chi connectivity index (χ3n) is 16.2. The molecule has 4 saturated carbocycles. The molecule has 14 heteroatoms. The van der Waals surface area contributed by atoms with Gasteiger partial charge in [0.05, 0.1) is 38.1 Å². The lowest BCUT2D eigenvalue weighted by atomic mass is 9.44. The average Bonchev–Trinajstić information content (AvgIpc) is 3.59. The third kappa shape index (κ3) is 6.11. The molecular weight excluding hydrogens is 692 g/mol. The van der Waals surface area contributed by atoms with Gasteiger partial charge in [0.25, 0.3) is 0 Å². The number of aliphatic hydroxyl groups excluding tert-OH is 8. The summed E-state index contributed by atoms with van der Waals surface area (Å²) in [6, 6.07) is 0. The van der Waals surface area contributed by atoms with Crippen LogP contribution in [0.4, 0.5) is 0 Å². The van der Waals surface area contributed by atoms with E-state index >= 15 is 0 Å². The van der Waals surface area contributed by atoms with Crippen LogP contribution in [0.25, 0.3) is 0 Å². The van der Waals surface area contributed by atoms with Crippen LogP contribution in [-0.4, -0.2) is 146 Å². The van der Waals surface area contributed by atoms with Crippen LogP contribution in [0.3, 0.4) is 0 Å². The summed E-state index contributed by atoms with van der Waals surface area (Å²) in [7, 11) is 0. The van der Waals surface area contributed by atoms with Crippen molar-refractivity contribution in [1.29, 1.82) is 0 Å². The van der Waals surface area contributed by atoms with Gasteiger partial charge in [-0.15, -0.1) is 0 Å². The molecule has 4 saturated heterocycles. The zero-order valence-corrected chi connectivity index (χ0v) is 31.6. The maximum absolute atomic E-state index is 11.1. The van der Waals surface area contributed by atoms with Gasteiger partial charge < -0.3 is 69.3 Å². The summed E-state index contributed by atoms with van der Waals surface area (Å²) in [5.74, 6) is 2.12. The van der Waals surface area contributed by atoms with E-state index in [1.807, 2.05) is 0 Å². The molecule has 1 spiro atoms. The predicted molar refractivity (Wildman–Crippen MR) is 184 cm³/mol. The fourth-order valence-electron chi connectivity index (χ4n) is 13.3. The highest BCUT2D eigenvalue weighted by Gasteiger charge is 2.70. The van der Waals surface area contributed by atoms with E-state index in [-0.39, 0.29) is 22.9 Å². The van der Waals surface area contributed by atoms with Gasteiger partial charge in [-0.25, -0.2) is 0 Å². The van der Waals surface area contributed by atoms with Crippen molar-refractivity contribution in [3.8, 4) is 0 Å². The van der Waals surface area contributed by atoms with E-state index in [1.165, 1.54) is 0 Å². The molecule has 304 valence electrons. The van der Waals surface area contributed by atoms with Gasteiger partial charge in [-0.1, -0.05) is 27.7 Å². The van der Waals surface area contributed by atoms with Gasteiger partial charge in [-0.05, 0) is 97.7 Å². The van der Waals surface area contributed by atoms with Gasteiger partial charge in [0.1, 0.15) is 48.8 Å². The molecule has 4 aliphatic carbocycles. The Morgan fingerprint density at radius 1 is 0.642 bits per heavy atom. The molecule has 4 heterocycles. The van der Waals surface area contributed by atoms with Gasteiger partial charge in [-0.3, -0.25) is 0 Å². The van der Waals surface area contributed by atoms with Crippen molar-refractivity contribution in [3.05, 3.63) is 0 Å². The molecule has 0 amide bonds. The van der Waals surface area contributed by atoms with E-state index in [0.717, 1.165) is 58.0 Å². The molecule has 8 N–H and O–H groups in total. The zero-order valence-electron chi connectivity index (χ0n) is 31.6. The topological polar surface area (TPSA) is 217 Å². The summed E-state index contributed by atoms with van der Waals surface area (Å²) < 4.78 is 38.2. The largest absolute Gasteiger partial charge is 0.394 e. The van der Waals surface area contributed by atoms with Crippen molar-refractivity contribution in [3.63, 3.8) is 0 Å². The van der Waals surface area contributed by atoms with E-state index in [4.69, 9.17) is 28.4 Å². The van der Waals surface area contributed by atoms with E-state index in [2.05, 4.69) is 27.7 Å². The first kappa shape index (κ1) is 39.3. The highest BCUT2D eigenvalue weighted by atomic mass is 16.7. The molecule has 0 bridgehead atoms. The molecule has 23 atom stereocenters. The first-order valence-electron chi connectivity index (χ1n) is 20.4. The van der Waals surface area contributed by atoms with Crippen molar-refractivity contribution >= 4 is 0 Å². The fourth-order valence-corrected chi connectivity index (χ4v) is 13.3. The van der Waals surface area contributed by atoms with Crippen LogP contribution in [0.2, 0.25) is 0 Å². The first-order chi connectivity index (χ1) is 25.2. The maximum atomic E-state index is 11.1. The van der Waals surface area contributed by atoms with Gasteiger partial charge >= 0.3 is 0 Å². The molecule has 0 aromatic heterocycles. The Hall–Kier alpha value is -0.560. The lowest BCUT2D eigenvalue weighted by Gasteiger charge is -2.63.